The van der Waals surface area contributed by atoms with Crippen LogP contribution in [0.1, 0.15) is 12.3 Å². The molecule has 0 aliphatic carbocycles. The van der Waals surface area contributed by atoms with Crippen LogP contribution in [0.5, 0.6) is 0 Å². The Balaban J connectivity index is 1.29. The Kier molecular flexibility index (Phi) is 6.25. The summed E-state index contributed by atoms with van der Waals surface area (Å²) in [6, 6.07) is 11.6. The molecule has 0 spiro atoms. The number of oxazole rings is 1. The van der Waals surface area contributed by atoms with Gasteiger partial charge in [-0.2, -0.15) is 0 Å². The highest BCUT2D eigenvalue weighted by atomic mass is 35.5. The average molecular weight is 448 g/mol. The molecule has 1 amide bonds. The molecule has 5 nitrogen and oxygen atoms in total. The van der Waals surface area contributed by atoms with Gasteiger partial charge in [0.25, 0.3) is 0 Å². The number of nitrogens with zero attached hydrogens (tertiary/aromatic N) is 3. The minimum absolute atomic E-state index is 0.0676. The first-order chi connectivity index (χ1) is 14.5. The molecule has 156 valence electrons. The molecule has 4 rings (SSSR count). The second kappa shape index (κ2) is 9.06. The van der Waals surface area contributed by atoms with Crippen LogP contribution in [0.2, 0.25) is 10.0 Å². The van der Waals surface area contributed by atoms with Gasteiger partial charge in [-0.05, 0) is 42.5 Å². The van der Waals surface area contributed by atoms with Crippen molar-refractivity contribution in [1.29, 1.82) is 0 Å². The molecule has 0 radical (unpaired) electrons. The standard InChI is InChI=1S/C22H20Cl2FN3O2/c23-15-1-6-18(19(24)13-15)20-14-26-21(30-20)7-8-22(29)28-11-9-27(10-12-28)17-4-2-16(25)3-5-17/h1-6,13-14H,7-12H2. The van der Waals surface area contributed by atoms with Gasteiger partial charge < -0.3 is 14.2 Å². The number of halogens is 3. The molecule has 0 unspecified atom stereocenters. The Labute approximate surface area is 184 Å². The third-order valence-electron chi connectivity index (χ3n) is 5.13. The molecule has 1 aromatic heterocycles. The van der Waals surface area contributed by atoms with Crippen molar-refractivity contribution in [3.8, 4) is 11.3 Å². The van der Waals surface area contributed by atoms with Crippen molar-refractivity contribution >= 4 is 34.8 Å². The van der Waals surface area contributed by atoms with Crippen molar-refractivity contribution in [2.24, 2.45) is 0 Å². The van der Waals surface area contributed by atoms with Crippen LogP contribution in [0, 0.1) is 5.82 Å². The Morgan fingerprint density at radius 3 is 2.50 bits per heavy atom. The van der Waals surface area contributed by atoms with Crippen molar-refractivity contribution in [3.05, 3.63) is 70.4 Å². The Morgan fingerprint density at radius 1 is 1.07 bits per heavy atom. The van der Waals surface area contributed by atoms with E-state index in [1.54, 1.807) is 36.5 Å². The predicted molar refractivity (Wildman–Crippen MR) is 115 cm³/mol. The first kappa shape index (κ1) is 20.7. The van der Waals surface area contributed by atoms with E-state index in [1.807, 2.05) is 4.90 Å². The zero-order chi connectivity index (χ0) is 21.1. The van der Waals surface area contributed by atoms with Crippen molar-refractivity contribution in [1.82, 2.24) is 9.88 Å². The van der Waals surface area contributed by atoms with E-state index >= 15 is 0 Å². The van der Waals surface area contributed by atoms with E-state index in [1.165, 1.54) is 12.1 Å². The topological polar surface area (TPSA) is 49.6 Å². The molecule has 1 saturated heterocycles. The van der Waals surface area contributed by atoms with E-state index < -0.39 is 0 Å². The number of amides is 1. The lowest BCUT2D eigenvalue weighted by atomic mass is 10.2. The Bertz CT molecular complexity index is 1030. The minimum atomic E-state index is -0.249. The van der Waals surface area contributed by atoms with Gasteiger partial charge in [-0.25, -0.2) is 9.37 Å². The van der Waals surface area contributed by atoms with Crippen molar-refractivity contribution in [2.45, 2.75) is 12.8 Å². The van der Waals surface area contributed by atoms with E-state index in [2.05, 4.69) is 9.88 Å². The SMILES string of the molecule is O=C(CCc1ncc(-c2ccc(Cl)cc2Cl)o1)N1CCN(c2ccc(F)cc2)CC1. The predicted octanol–water partition coefficient (Wildman–Crippen LogP) is 5.07. The van der Waals surface area contributed by atoms with Crippen LogP contribution in [0.15, 0.2) is 53.1 Å². The summed E-state index contributed by atoms with van der Waals surface area (Å²) in [7, 11) is 0. The van der Waals surface area contributed by atoms with Gasteiger partial charge in [0.05, 0.1) is 11.2 Å². The number of piperazine rings is 1. The van der Waals surface area contributed by atoms with Crippen LogP contribution in [0.25, 0.3) is 11.3 Å². The Hall–Kier alpha value is -2.57. The summed E-state index contributed by atoms with van der Waals surface area (Å²) in [5.41, 5.74) is 1.68. The lowest BCUT2D eigenvalue weighted by Crippen LogP contribution is -2.48. The molecule has 8 heteroatoms. The summed E-state index contributed by atoms with van der Waals surface area (Å²) in [6.45, 7) is 2.70. The first-order valence-electron chi connectivity index (χ1n) is 9.68. The van der Waals surface area contributed by atoms with E-state index in [4.69, 9.17) is 27.6 Å². The molecule has 3 aromatic rings. The van der Waals surface area contributed by atoms with Gasteiger partial charge in [0.2, 0.25) is 5.91 Å². The highest BCUT2D eigenvalue weighted by Gasteiger charge is 2.22. The van der Waals surface area contributed by atoms with Crippen LogP contribution < -0.4 is 4.90 Å². The summed E-state index contributed by atoms with van der Waals surface area (Å²) in [5.74, 6) is 0.861. The number of hydrogen-bond donors (Lipinski definition) is 0. The van der Waals surface area contributed by atoms with Crippen LogP contribution in [0.3, 0.4) is 0 Å². The normalized spacial score (nSPS) is 14.2. The molecule has 1 aliphatic rings. The third-order valence-corrected chi connectivity index (χ3v) is 5.67. The molecular weight excluding hydrogens is 428 g/mol. The van der Waals surface area contributed by atoms with Gasteiger partial charge in [-0.15, -0.1) is 0 Å². The monoisotopic (exact) mass is 447 g/mol. The van der Waals surface area contributed by atoms with Crippen LogP contribution in [-0.2, 0) is 11.2 Å². The van der Waals surface area contributed by atoms with Gasteiger partial charge in [0.15, 0.2) is 11.7 Å². The average Bonchev–Trinajstić information content (AvgIpc) is 3.21. The van der Waals surface area contributed by atoms with Gasteiger partial charge in [-0.1, -0.05) is 23.2 Å². The van der Waals surface area contributed by atoms with Crippen LogP contribution in [-0.4, -0.2) is 42.0 Å². The van der Waals surface area contributed by atoms with Crippen molar-refractivity contribution in [2.75, 3.05) is 31.1 Å². The van der Waals surface area contributed by atoms with Crippen LogP contribution >= 0.6 is 23.2 Å². The second-order valence-corrected chi connectivity index (χ2v) is 7.93. The van der Waals surface area contributed by atoms with Crippen molar-refractivity contribution < 1.29 is 13.6 Å². The molecule has 1 aliphatic heterocycles. The fourth-order valence-corrected chi connectivity index (χ4v) is 3.98. The number of anilines is 1. The molecule has 0 bridgehead atoms. The van der Waals surface area contributed by atoms with Crippen molar-refractivity contribution in [3.63, 3.8) is 0 Å². The molecule has 0 atom stereocenters. The fraction of sp³-hybridized carbons (Fsp3) is 0.273. The first-order valence-corrected chi connectivity index (χ1v) is 10.4. The molecule has 0 N–H and O–H groups in total. The van der Waals surface area contributed by atoms with E-state index in [0.717, 1.165) is 18.8 Å². The maximum absolute atomic E-state index is 13.1. The number of benzene rings is 2. The number of aryl methyl sites for hydroxylation is 1. The lowest BCUT2D eigenvalue weighted by Gasteiger charge is -2.36. The number of carbonyl (C=O) groups excluding carboxylic acids is 1. The zero-order valence-corrected chi connectivity index (χ0v) is 17.7. The molecule has 1 fully saturated rings. The summed E-state index contributed by atoms with van der Waals surface area (Å²) >= 11 is 12.1. The van der Waals surface area contributed by atoms with E-state index in [-0.39, 0.29) is 11.7 Å². The molecule has 30 heavy (non-hydrogen) atoms. The van der Waals surface area contributed by atoms with Crippen LogP contribution in [0.4, 0.5) is 10.1 Å². The smallest absolute Gasteiger partial charge is 0.223 e. The maximum Gasteiger partial charge on any atom is 0.223 e. The lowest BCUT2D eigenvalue weighted by molar-refractivity contribution is -0.131. The highest BCUT2D eigenvalue weighted by Crippen LogP contribution is 2.31. The molecule has 2 heterocycles. The summed E-state index contributed by atoms with van der Waals surface area (Å²) in [5, 5.41) is 1.04. The number of hydrogen-bond acceptors (Lipinski definition) is 4. The fourth-order valence-electron chi connectivity index (χ4n) is 3.48. The number of rotatable bonds is 5. The van der Waals surface area contributed by atoms with Gasteiger partial charge in [-0.3, -0.25) is 4.79 Å². The second-order valence-electron chi connectivity index (χ2n) is 7.09. The third kappa shape index (κ3) is 4.77. The zero-order valence-electron chi connectivity index (χ0n) is 16.2. The number of carbonyl (C=O) groups is 1. The highest BCUT2D eigenvalue weighted by molar-refractivity contribution is 6.36. The summed E-state index contributed by atoms with van der Waals surface area (Å²) in [6.07, 6.45) is 2.35. The maximum atomic E-state index is 13.1. The largest absolute Gasteiger partial charge is 0.441 e. The van der Waals surface area contributed by atoms with Gasteiger partial charge in [0, 0.05) is 55.3 Å². The number of aromatic nitrogens is 1. The Morgan fingerprint density at radius 2 is 1.80 bits per heavy atom. The molecule has 2 aromatic carbocycles. The molecule has 0 saturated carbocycles. The van der Waals surface area contributed by atoms with E-state index in [0.29, 0.717) is 53.2 Å². The summed E-state index contributed by atoms with van der Waals surface area (Å²) in [4.78, 5) is 20.8. The quantitative estimate of drug-likeness (QED) is 0.547. The molecular formula is C22H20Cl2FN3O2. The summed E-state index contributed by atoms with van der Waals surface area (Å²) < 4.78 is 18.8. The van der Waals surface area contributed by atoms with Gasteiger partial charge in [0.1, 0.15) is 5.82 Å². The van der Waals surface area contributed by atoms with E-state index in [9.17, 15) is 9.18 Å². The van der Waals surface area contributed by atoms with Gasteiger partial charge >= 0.3 is 0 Å². The minimum Gasteiger partial charge on any atom is -0.441 e.